The number of anilines is 1. The normalized spacial score (nSPS) is 24.5. The van der Waals surface area contributed by atoms with Crippen LogP contribution in [0.2, 0.25) is 0 Å². The molecule has 2 unspecified atom stereocenters. The van der Waals surface area contributed by atoms with Gasteiger partial charge in [-0.05, 0) is 23.3 Å². The van der Waals surface area contributed by atoms with Gasteiger partial charge in [-0.2, -0.15) is 0 Å². The summed E-state index contributed by atoms with van der Waals surface area (Å²) in [6.45, 7) is 0. The third-order valence-corrected chi connectivity index (χ3v) is 4.79. The van der Waals surface area contributed by atoms with Crippen LogP contribution in [0.25, 0.3) is 0 Å². The van der Waals surface area contributed by atoms with Gasteiger partial charge in [0.1, 0.15) is 0 Å². The van der Waals surface area contributed by atoms with E-state index in [0.717, 1.165) is 0 Å². The van der Waals surface area contributed by atoms with E-state index in [-0.39, 0.29) is 0 Å². The van der Waals surface area contributed by atoms with Crippen LogP contribution in [0, 0.1) is 0 Å². The molecule has 2 atom stereocenters. The first-order valence-corrected chi connectivity index (χ1v) is 6.42. The molecule has 2 aliphatic rings. The Balaban J connectivity index is 1.86. The van der Waals surface area contributed by atoms with Crippen molar-refractivity contribution in [1.82, 2.24) is 0 Å². The highest BCUT2D eigenvalue weighted by Gasteiger charge is 2.39. The second-order valence-electron chi connectivity index (χ2n) is 4.29. The molecule has 2 aromatic rings. The molecule has 0 spiro atoms. The van der Waals surface area contributed by atoms with Crippen molar-refractivity contribution in [3.05, 3.63) is 59.7 Å². The van der Waals surface area contributed by atoms with Gasteiger partial charge >= 0.3 is 0 Å². The molecule has 2 aliphatic heterocycles. The maximum absolute atomic E-state index is 3.63. The maximum atomic E-state index is 3.63. The van der Waals surface area contributed by atoms with E-state index in [1.807, 2.05) is 11.8 Å². The summed E-state index contributed by atoms with van der Waals surface area (Å²) < 4.78 is 0. The highest BCUT2D eigenvalue weighted by atomic mass is 32.2. The first kappa shape index (κ1) is 8.71. The molecule has 0 saturated carbocycles. The molecule has 0 saturated heterocycles. The lowest BCUT2D eigenvalue weighted by Gasteiger charge is -2.09. The quantitative estimate of drug-likeness (QED) is 0.727. The predicted octanol–water partition coefficient (Wildman–Crippen LogP) is 4.00. The van der Waals surface area contributed by atoms with Crippen LogP contribution >= 0.6 is 11.8 Å². The first-order valence-electron chi connectivity index (χ1n) is 5.54. The van der Waals surface area contributed by atoms with Crippen molar-refractivity contribution in [3.8, 4) is 0 Å². The zero-order valence-electron chi connectivity index (χ0n) is 8.68. The fourth-order valence-corrected chi connectivity index (χ4v) is 4.10. The summed E-state index contributed by atoms with van der Waals surface area (Å²) in [6.07, 6.45) is 0. The van der Waals surface area contributed by atoms with E-state index < -0.39 is 0 Å². The van der Waals surface area contributed by atoms with Crippen LogP contribution in [0.3, 0.4) is 0 Å². The minimum Gasteiger partial charge on any atom is -0.376 e. The number of hydrogen-bond donors (Lipinski definition) is 1. The summed E-state index contributed by atoms with van der Waals surface area (Å²) in [5, 5.41) is 4.20. The van der Waals surface area contributed by atoms with Crippen molar-refractivity contribution >= 4 is 17.4 Å². The lowest BCUT2D eigenvalue weighted by molar-refractivity contribution is 0.816. The molecule has 0 bridgehead atoms. The Hall–Kier alpha value is -1.41. The monoisotopic (exact) mass is 225 g/mol. The molecule has 1 N–H and O–H groups in total. The Labute approximate surface area is 98.9 Å². The number of hydrogen-bond acceptors (Lipinski definition) is 2. The first-order chi connectivity index (χ1) is 7.93. The van der Waals surface area contributed by atoms with E-state index in [1.54, 1.807) is 0 Å². The van der Waals surface area contributed by atoms with Crippen LogP contribution in [-0.2, 0) is 0 Å². The molecule has 0 aromatic heterocycles. The molecule has 4 rings (SSSR count). The molecule has 2 aromatic carbocycles. The number of thioether (sulfide) groups is 1. The highest BCUT2D eigenvalue weighted by Crippen LogP contribution is 2.59. The minimum absolute atomic E-state index is 0.471. The van der Waals surface area contributed by atoms with Crippen molar-refractivity contribution < 1.29 is 0 Å². The van der Waals surface area contributed by atoms with Crippen molar-refractivity contribution in [2.75, 3.05) is 5.32 Å². The van der Waals surface area contributed by atoms with Gasteiger partial charge in [0.2, 0.25) is 0 Å². The molecule has 1 nitrogen and oxygen atoms in total. The average Bonchev–Trinajstić information content (AvgIpc) is 2.85. The third-order valence-electron chi connectivity index (χ3n) is 3.39. The molecular weight excluding hydrogens is 214 g/mol. The van der Waals surface area contributed by atoms with Crippen molar-refractivity contribution in [2.24, 2.45) is 0 Å². The topological polar surface area (TPSA) is 12.0 Å². The van der Waals surface area contributed by atoms with E-state index >= 15 is 0 Å². The van der Waals surface area contributed by atoms with Crippen molar-refractivity contribution in [2.45, 2.75) is 16.2 Å². The average molecular weight is 225 g/mol. The van der Waals surface area contributed by atoms with E-state index in [2.05, 4.69) is 53.8 Å². The molecule has 0 aliphatic carbocycles. The summed E-state index contributed by atoms with van der Waals surface area (Å²) in [5.74, 6) is 0. The summed E-state index contributed by atoms with van der Waals surface area (Å²) in [7, 11) is 0. The number of nitrogens with one attached hydrogen (secondary N) is 1. The van der Waals surface area contributed by atoms with E-state index in [4.69, 9.17) is 0 Å². The van der Waals surface area contributed by atoms with Crippen LogP contribution in [-0.4, -0.2) is 0 Å². The van der Waals surface area contributed by atoms with Gasteiger partial charge in [0, 0.05) is 10.6 Å². The van der Waals surface area contributed by atoms with Crippen molar-refractivity contribution in [3.63, 3.8) is 0 Å². The molecular formula is C14H11NS. The van der Waals surface area contributed by atoms with E-state index in [0.29, 0.717) is 11.3 Å². The van der Waals surface area contributed by atoms with Gasteiger partial charge < -0.3 is 5.32 Å². The van der Waals surface area contributed by atoms with Gasteiger partial charge in [0.15, 0.2) is 0 Å². The van der Waals surface area contributed by atoms with Gasteiger partial charge in [-0.3, -0.25) is 0 Å². The molecule has 78 valence electrons. The van der Waals surface area contributed by atoms with Crippen LogP contribution in [0.4, 0.5) is 5.69 Å². The van der Waals surface area contributed by atoms with Crippen LogP contribution in [0.5, 0.6) is 0 Å². The lowest BCUT2D eigenvalue weighted by atomic mass is 10.0. The Kier molecular flexibility index (Phi) is 1.66. The molecule has 16 heavy (non-hydrogen) atoms. The Bertz CT molecular complexity index is 513. The zero-order valence-corrected chi connectivity index (χ0v) is 9.50. The fourth-order valence-electron chi connectivity index (χ4n) is 2.65. The Morgan fingerprint density at radius 1 is 0.875 bits per heavy atom. The van der Waals surface area contributed by atoms with Crippen molar-refractivity contribution in [1.29, 1.82) is 0 Å². The van der Waals surface area contributed by atoms with Gasteiger partial charge in [-0.15, -0.1) is 11.8 Å². The van der Waals surface area contributed by atoms with Gasteiger partial charge in [-0.25, -0.2) is 0 Å². The van der Waals surface area contributed by atoms with Crippen LogP contribution < -0.4 is 5.32 Å². The molecule has 0 amide bonds. The lowest BCUT2D eigenvalue weighted by Crippen LogP contribution is -2.04. The number of fused-ring (bicyclic) bond motifs is 5. The maximum Gasteiger partial charge on any atom is 0.0688 e. The second-order valence-corrected chi connectivity index (χ2v) is 5.47. The molecule has 0 fully saturated rings. The highest BCUT2D eigenvalue weighted by molar-refractivity contribution is 8.00. The summed E-state index contributed by atoms with van der Waals surface area (Å²) in [6, 6.07) is 17.8. The molecule has 0 radical (unpaired) electrons. The van der Waals surface area contributed by atoms with Crippen LogP contribution in [0.15, 0.2) is 53.4 Å². The molecule has 2 heteroatoms. The SMILES string of the molecule is c1ccc2c(c1)NC1c3ccccc3SC21. The van der Waals surface area contributed by atoms with Gasteiger partial charge in [0.25, 0.3) is 0 Å². The number of rotatable bonds is 0. The number of para-hydroxylation sites is 1. The van der Waals surface area contributed by atoms with E-state index in [9.17, 15) is 0 Å². The standard InChI is InChI=1S/C14H11NS/c1-3-7-11-9(5-1)14-13(15-11)10-6-2-4-8-12(10)16-14/h1-8,13-15H. The predicted molar refractivity (Wildman–Crippen MR) is 67.8 cm³/mol. The summed E-state index contributed by atoms with van der Waals surface area (Å²) >= 11 is 1.99. The molecule has 2 heterocycles. The largest absolute Gasteiger partial charge is 0.376 e. The van der Waals surface area contributed by atoms with Gasteiger partial charge in [0.05, 0.1) is 11.3 Å². The summed E-state index contributed by atoms with van der Waals surface area (Å²) in [5.41, 5.74) is 4.21. The third kappa shape index (κ3) is 1.03. The Morgan fingerprint density at radius 2 is 1.62 bits per heavy atom. The summed E-state index contributed by atoms with van der Waals surface area (Å²) in [4.78, 5) is 1.43. The van der Waals surface area contributed by atoms with Gasteiger partial charge in [-0.1, -0.05) is 36.4 Å². The minimum atomic E-state index is 0.471. The number of benzene rings is 2. The zero-order chi connectivity index (χ0) is 10.5. The fraction of sp³-hybridized carbons (Fsp3) is 0.143. The smallest absolute Gasteiger partial charge is 0.0688 e. The second kappa shape index (κ2) is 3.05. The van der Waals surface area contributed by atoms with Crippen LogP contribution in [0.1, 0.15) is 22.4 Å². The van der Waals surface area contributed by atoms with E-state index in [1.165, 1.54) is 21.7 Å². The Morgan fingerprint density at radius 3 is 2.56 bits per heavy atom.